The van der Waals surface area contributed by atoms with E-state index in [0.29, 0.717) is 32.5 Å². The molecule has 0 radical (unpaired) electrons. The van der Waals surface area contributed by atoms with Crippen molar-refractivity contribution >= 4 is 5.91 Å². The summed E-state index contributed by atoms with van der Waals surface area (Å²) in [7, 11) is 0. The van der Waals surface area contributed by atoms with Gasteiger partial charge in [0.25, 0.3) is 0 Å². The number of benzene rings is 2. The lowest BCUT2D eigenvalue weighted by atomic mass is 9.72. The molecule has 0 aliphatic carbocycles. The number of carbonyl (C=O) groups excluding carboxylic acids is 1. The van der Waals surface area contributed by atoms with E-state index in [1.165, 1.54) is 11.6 Å². The Morgan fingerprint density at radius 1 is 1.09 bits per heavy atom. The Morgan fingerprint density at radius 2 is 1.85 bits per heavy atom. The number of aryl methyl sites for hydroxylation is 1. The molecule has 34 heavy (non-hydrogen) atoms. The standard InChI is InChI=1S/C29H31FN2O2/c1-21-10-12-23(13-11-21)29(14-17-34-18-15-29)28(33)32-16-4-9-27(32)26-8-3-7-25(31-26)20-22-5-2-6-24(30)19-22/h2-3,5-8,10-13,19,27H,4,9,14-18,20H2,1H3/t27-/m0/s1. The third-order valence-electron chi connectivity index (χ3n) is 7.32. The second-order valence-electron chi connectivity index (χ2n) is 9.58. The fraction of sp³-hybridized carbons (Fsp3) is 0.379. The Labute approximate surface area is 200 Å². The second-order valence-corrected chi connectivity index (χ2v) is 9.58. The molecule has 0 saturated carbocycles. The number of aromatic nitrogens is 1. The number of hydrogen-bond donors (Lipinski definition) is 0. The van der Waals surface area contributed by atoms with Gasteiger partial charge in [0.1, 0.15) is 5.82 Å². The van der Waals surface area contributed by atoms with E-state index in [1.807, 2.05) is 24.3 Å². The highest BCUT2D eigenvalue weighted by atomic mass is 19.1. The molecule has 5 rings (SSSR count). The highest BCUT2D eigenvalue weighted by Crippen LogP contribution is 2.41. The molecule has 1 atom stereocenters. The molecule has 1 amide bonds. The van der Waals surface area contributed by atoms with E-state index in [9.17, 15) is 9.18 Å². The summed E-state index contributed by atoms with van der Waals surface area (Å²) in [6, 6.07) is 21.0. The molecule has 5 heteroatoms. The molecular formula is C29H31FN2O2. The van der Waals surface area contributed by atoms with Crippen molar-refractivity contribution in [3.63, 3.8) is 0 Å². The summed E-state index contributed by atoms with van der Waals surface area (Å²) in [5, 5.41) is 0. The Kier molecular flexibility index (Phi) is 6.46. The lowest BCUT2D eigenvalue weighted by molar-refractivity contribution is -0.142. The molecule has 4 nitrogen and oxygen atoms in total. The predicted octanol–water partition coefficient (Wildman–Crippen LogP) is 5.53. The lowest BCUT2D eigenvalue weighted by Gasteiger charge is -2.40. The summed E-state index contributed by atoms with van der Waals surface area (Å²) < 4.78 is 19.3. The van der Waals surface area contributed by atoms with Crippen molar-refractivity contribution < 1.29 is 13.9 Å². The zero-order valence-corrected chi connectivity index (χ0v) is 19.7. The van der Waals surface area contributed by atoms with Gasteiger partial charge in [-0.15, -0.1) is 0 Å². The van der Waals surface area contributed by atoms with Crippen molar-refractivity contribution in [1.29, 1.82) is 0 Å². The minimum atomic E-state index is -0.548. The topological polar surface area (TPSA) is 42.4 Å². The number of rotatable bonds is 5. The van der Waals surface area contributed by atoms with Crippen LogP contribution in [0.2, 0.25) is 0 Å². The minimum absolute atomic E-state index is 0.0369. The van der Waals surface area contributed by atoms with Gasteiger partial charge in [-0.3, -0.25) is 9.78 Å². The monoisotopic (exact) mass is 458 g/mol. The molecule has 2 saturated heterocycles. The van der Waals surface area contributed by atoms with Gasteiger partial charge < -0.3 is 9.64 Å². The maximum Gasteiger partial charge on any atom is 0.233 e. The van der Waals surface area contributed by atoms with Crippen molar-refractivity contribution in [3.05, 3.63) is 101 Å². The third kappa shape index (κ3) is 4.49. The first-order valence-electron chi connectivity index (χ1n) is 12.2. The van der Waals surface area contributed by atoms with Crippen LogP contribution < -0.4 is 0 Å². The Balaban J connectivity index is 1.43. The number of likely N-dealkylation sites (tertiary alicyclic amines) is 1. The molecule has 3 aromatic rings. The maximum atomic E-state index is 14.2. The van der Waals surface area contributed by atoms with E-state index >= 15 is 0 Å². The molecule has 176 valence electrons. The van der Waals surface area contributed by atoms with Gasteiger partial charge in [-0.2, -0.15) is 0 Å². The van der Waals surface area contributed by atoms with E-state index in [1.54, 1.807) is 12.1 Å². The number of carbonyl (C=O) groups is 1. The Bertz CT molecular complexity index is 1150. The minimum Gasteiger partial charge on any atom is -0.381 e. The zero-order valence-electron chi connectivity index (χ0n) is 19.7. The van der Waals surface area contributed by atoms with Crippen LogP contribution in [0, 0.1) is 12.7 Å². The van der Waals surface area contributed by atoms with Crippen LogP contribution in [0.25, 0.3) is 0 Å². The number of amides is 1. The van der Waals surface area contributed by atoms with Crippen LogP contribution in [-0.2, 0) is 21.4 Å². The van der Waals surface area contributed by atoms with E-state index < -0.39 is 5.41 Å². The van der Waals surface area contributed by atoms with Crippen LogP contribution in [0.15, 0.2) is 66.7 Å². The van der Waals surface area contributed by atoms with Crippen molar-refractivity contribution in [2.75, 3.05) is 19.8 Å². The fourth-order valence-electron chi connectivity index (χ4n) is 5.45. The number of hydrogen-bond acceptors (Lipinski definition) is 3. The smallest absolute Gasteiger partial charge is 0.233 e. The highest BCUT2D eigenvalue weighted by molar-refractivity contribution is 5.89. The average molecular weight is 459 g/mol. The molecule has 0 unspecified atom stereocenters. The van der Waals surface area contributed by atoms with Crippen LogP contribution in [-0.4, -0.2) is 35.5 Å². The summed E-state index contributed by atoms with van der Waals surface area (Å²) >= 11 is 0. The summed E-state index contributed by atoms with van der Waals surface area (Å²) in [5.41, 5.74) is 4.44. The van der Waals surface area contributed by atoms with Gasteiger partial charge in [0, 0.05) is 31.9 Å². The van der Waals surface area contributed by atoms with Crippen LogP contribution in [0.4, 0.5) is 4.39 Å². The van der Waals surface area contributed by atoms with E-state index in [-0.39, 0.29) is 17.8 Å². The molecule has 2 aliphatic rings. The SMILES string of the molecule is Cc1ccc(C2(C(=O)N3CCC[C@H]3c3cccc(Cc4cccc(F)c4)n3)CCOCC2)cc1. The Hall–Kier alpha value is -3.05. The molecule has 0 bridgehead atoms. The van der Waals surface area contributed by atoms with Gasteiger partial charge in [0.2, 0.25) is 5.91 Å². The first kappa shape index (κ1) is 22.7. The Morgan fingerprint density at radius 3 is 2.62 bits per heavy atom. The average Bonchev–Trinajstić information content (AvgIpc) is 3.35. The van der Waals surface area contributed by atoms with Crippen LogP contribution in [0.3, 0.4) is 0 Å². The molecule has 0 spiro atoms. The summed E-state index contributed by atoms with van der Waals surface area (Å²) in [4.78, 5) is 21.2. The van der Waals surface area contributed by atoms with E-state index in [2.05, 4.69) is 36.1 Å². The van der Waals surface area contributed by atoms with Crippen molar-refractivity contribution in [3.8, 4) is 0 Å². The van der Waals surface area contributed by atoms with Gasteiger partial charge in [-0.05, 0) is 68.0 Å². The molecular weight excluding hydrogens is 427 g/mol. The number of halogens is 1. The summed E-state index contributed by atoms with van der Waals surface area (Å²) in [6.07, 6.45) is 3.84. The van der Waals surface area contributed by atoms with Crippen molar-refractivity contribution in [2.45, 2.75) is 50.5 Å². The van der Waals surface area contributed by atoms with Crippen LogP contribution in [0.5, 0.6) is 0 Å². The molecule has 3 heterocycles. The highest BCUT2D eigenvalue weighted by Gasteiger charge is 2.47. The van der Waals surface area contributed by atoms with Crippen molar-refractivity contribution in [1.82, 2.24) is 9.88 Å². The normalized spacial score (nSPS) is 19.8. The molecule has 2 aromatic carbocycles. The lowest BCUT2D eigenvalue weighted by Crippen LogP contribution is -2.49. The quantitative estimate of drug-likeness (QED) is 0.505. The van der Waals surface area contributed by atoms with Gasteiger partial charge in [0.15, 0.2) is 0 Å². The van der Waals surface area contributed by atoms with Gasteiger partial charge >= 0.3 is 0 Å². The number of pyridine rings is 1. The first-order valence-corrected chi connectivity index (χ1v) is 12.2. The van der Waals surface area contributed by atoms with E-state index in [0.717, 1.165) is 41.9 Å². The first-order chi connectivity index (χ1) is 16.5. The van der Waals surface area contributed by atoms with Crippen molar-refractivity contribution in [2.24, 2.45) is 0 Å². The maximum absolute atomic E-state index is 14.2. The molecule has 0 N–H and O–H groups in total. The van der Waals surface area contributed by atoms with Crippen LogP contribution >= 0.6 is 0 Å². The fourth-order valence-corrected chi connectivity index (χ4v) is 5.45. The largest absolute Gasteiger partial charge is 0.381 e. The molecule has 1 aromatic heterocycles. The zero-order chi connectivity index (χ0) is 23.5. The summed E-state index contributed by atoms with van der Waals surface area (Å²) in [6.45, 7) is 4.01. The van der Waals surface area contributed by atoms with Gasteiger partial charge in [0.05, 0.1) is 17.2 Å². The number of ether oxygens (including phenoxy) is 1. The van der Waals surface area contributed by atoms with Gasteiger partial charge in [-0.1, -0.05) is 48.0 Å². The molecule has 2 aliphatic heterocycles. The predicted molar refractivity (Wildman–Crippen MR) is 130 cm³/mol. The third-order valence-corrected chi connectivity index (χ3v) is 7.32. The van der Waals surface area contributed by atoms with E-state index in [4.69, 9.17) is 9.72 Å². The molecule has 2 fully saturated rings. The number of nitrogens with zero attached hydrogens (tertiary/aromatic N) is 2. The second kappa shape index (κ2) is 9.67. The van der Waals surface area contributed by atoms with Crippen LogP contribution in [0.1, 0.15) is 59.8 Å². The summed E-state index contributed by atoms with van der Waals surface area (Å²) in [5.74, 6) is -0.0430. The van der Waals surface area contributed by atoms with Gasteiger partial charge in [-0.25, -0.2) is 4.39 Å².